The lowest BCUT2D eigenvalue weighted by atomic mass is 10.0. The highest BCUT2D eigenvalue weighted by atomic mass is 19.1. The minimum Gasteiger partial charge on any atom is -0.463 e. The van der Waals surface area contributed by atoms with Crippen LogP contribution in [-0.4, -0.2) is 25.2 Å². The van der Waals surface area contributed by atoms with Crippen molar-refractivity contribution in [3.05, 3.63) is 11.4 Å². The van der Waals surface area contributed by atoms with Gasteiger partial charge in [-0.3, -0.25) is 0 Å². The lowest BCUT2D eigenvalue weighted by molar-refractivity contribution is -0.143. The van der Waals surface area contributed by atoms with Crippen molar-refractivity contribution in [1.29, 1.82) is 0 Å². The molecule has 0 aromatic carbocycles. The minimum atomic E-state index is -1.17. The van der Waals surface area contributed by atoms with Gasteiger partial charge in [0.25, 0.3) is 0 Å². The molecule has 0 N–H and O–H groups in total. The number of carbonyl (C=O) groups is 2. The molecule has 0 aromatic rings. The fourth-order valence-electron chi connectivity index (χ4n) is 1.09. The molecule has 0 aliphatic carbocycles. The summed E-state index contributed by atoms with van der Waals surface area (Å²) in [4.78, 5) is 22.5. The Morgan fingerprint density at radius 1 is 1.06 bits per heavy atom. The molecule has 0 unspecified atom stereocenters. The Kier molecular flexibility index (Phi) is 6.37. The number of rotatable bonds is 5. The summed E-state index contributed by atoms with van der Waals surface area (Å²) in [6.45, 7) is 6.56. The largest absolute Gasteiger partial charge is 0.463 e. The maximum atomic E-state index is 13.6. The topological polar surface area (TPSA) is 52.6 Å². The highest BCUT2D eigenvalue weighted by Crippen LogP contribution is 2.19. The van der Waals surface area contributed by atoms with E-state index < -0.39 is 23.7 Å². The predicted molar refractivity (Wildman–Crippen MR) is 56.2 cm³/mol. The molecule has 0 spiro atoms. The van der Waals surface area contributed by atoms with Crippen molar-refractivity contribution in [3.63, 3.8) is 0 Å². The molecule has 0 aliphatic rings. The Morgan fingerprint density at radius 3 is 1.88 bits per heavy atom. The van der Waals surface area contributed by atoms with Gasteiger partial charge in [0.15, 0.2) is 0 Å². The molecule has 0 atom stereocenters. The van der Waals surface area contributed by atoms with E-state index in [1.807, 2.05) is 0 Å². The van der Waals surface area contributed by atoms with Crippen LogP contribution in [0.1, 0.15) is 27.7 Å². The summed E-state index contributed by atoms with van der Waals surface area (Å²) in [5.74, 6) is -3.55. The Balaban J connectivity index is 5.07. The minimum absolute atomic E-state index is 0.0560. The molecule has 0 radical (unpaired) electrons. The lowest BCUT2D eigenvalue weighted by Gasteiger charge is -2.11. The zero-order chi connectivity index (χ0) is 12.7. The Hall–Kier alpha value is -1.39. The number of ether oxygens (including phenoxy) is 2. The van der Waals surface area contributed by atoms with Crippen molar-refractivity contribution in [2.24, 2.45) is 5.92 Å². The summed E-state index contributed by atoms with van der Waals surface area (Å²) in [5, 5.41) is 0. The average Bonchev–Trinajstić information content (AvgIpc) is 2.17. The van der Waals surface area contributed by atoms with Gasteiger partial charge in [0.1, 0.15) is 0 Å². The van der Waals surface area contributed by atoms with E-state index in [0.29, 0.717) is 0 Å². The molecular formula is C11H17FO4. The van der Waals surface area contributed by atoms with Crippen molar-refractivity contribution in [2.75, 3.05) is 13.2 Å². The smallest absolute Gasteiger partial charge is 0.367 e. The molecule has 5 heteroatoms. The molecule has 0 saturated heterocycles. The van der Waals surface area contributed by atoms with Gasteiger partial charge in [-0.05, 0) is 19.8 Å². The molecule has 0 rings (SSSR count). The van der Waals surface area contributed by atoms with Gasteiger partial charge in [-0.2, -0.15) is 4.39 Å². The fourth-order valence-corrected chi connectivity index (χ4v) is 1.09. The molecule has 0 aliphatic heterocycles. The summed E-state index contributed by atoms with van der Waals surface area (Å²) in [6, 6.07) is 0. The SMILES string of the molecule is CCOC(=O)/C(F)=C(/C(=O)OCC)C(C)C. The van der Waals surface area contributed by atoms with E-state index in [1.54, 1.807) is 27.7 Å². The summed E-state index contributed by atoms with van der Waals surface area (Å²) in [7, 11) is 0. The van der Waals surface area contributed by atoms with E-state index in [2.05, 4.69) is 9.47 Å². The Labute approximate surface area is 94.4 Å². The zero-order valence-electron chi connectivity index (χ0n) is 10.0. The Morgan fingerprint density at radius 2 is 1.50 bits per heavy atom. The van der Waals surface area contributed by atoms with Gasteiger partial charge < -0.3 is 9.47 Å². The highest BCUT2D eigenvalue weighted by Gasteiger charge is 2.25. The van der Waals surface area contributed by atoms with E-state index >= 15 is 0 Å². The van der Waals surface area contributed by atoms with Crippen molar-refractivity contribution in [3.8, 4) is 0 Å². The third kappa shape index (κ3) is 4.00. The van der Waals surface area contributed by atoms with E-state index in [0.717, 1.165) is 0 Å². The first-order valence-electron chi connectivity index (χ1n) is 5.19. The first kappa shape index (κ1) is 14.6. The van der Waals surface area contributed by atoms with Crippen molar-refractivity contribution < 1.29 is 23.5 Å². The van der Waals surface area contributed by atoms with Gasteiger partial charge in [-0.1, -0.05) is 13.8 Å². The standard InChI is InChI=1S/C11H17FO4/c1-5-15-10(13)8(7(3)4)9(12)11(14)16-6-2/h7H,5-6H2,1-4H3/b9-8-. The summed E-state index contributed by atoms with van der Waals surface area (Å²) in [6.07, 6.45) is 0. The second kappa shape index (κ2) is 6.98. The molecule has 0 heterocycles. The van der Waals surface area contributed by atoms with Gasteiger partial charge in [0, 0.05) is 0 Å². The summed E-state index contributed by atoms with van der Waals surface area (Å²) >= 11 is 0. The van der Waals surface area contributed by atoms with Crippen LogP contribution in [-0.2, 0) is 19.1 Å². The maximum absolute atomic E-state index is 13.6. The first-order valence-corrected chi connectivity index (χ1v) is 5.19. The molecule has 4 nitrogen and oxygen atoms in total. The molecule has 16 heavy (non-hydrogen) atoms. The summed E-state index contributed by atoms with van der Waals surface area (Å²) < 4.78 is 22.7. The Bertz CT molecular complexity index is 294. The van der Waals surface area contributed by atoms with E-state index in [-0.39, 0.29) is 18.8 Å². The summed E-state index contributed by atoms with van der Waals surface area (Å²) in [5.41, 5.74) is -0.277. The third-order valence-corrected chi connectivity index (χ3v) is 1.76. The predicted octanol–water partition coefficient (Wildman–Crippen LogP) is 1.99. The molecule has 0 saturated carbocycles. The monoisotopic (exact) mass is 232 g/mol. The average molecular weight is 232 g/mol. The number of carbonyl (C=O) groups excluding carboxylic acids is 2. The van der Waals surface area contributed by atoms with Crippen LogP contribution in [0.4, 0.5) is 4.39 Å². The van der Waals surface area contributed by atoms with Crippen LogP contribution in [0.25, 0.3) is 0 Å². The zero-order valence-corrected chi connectivity index (χ0v) is 10.0. The van der Waals surface area contributed by atoms with E-state index in [9.17, 15) is 14.0 Å². The number of halogens is 1. The second-order valence-corrected chi connectivity index (χ2v) is 3.32. The lowest BCUT2D eigenvalue weighted by Crippen LogP contribution is -2.18. The molecule has 0 aromatic heterocycles. The molecule has 0 amide bonds. The number of esters is 2. The van der Waals surface area contributed by atoms with Crippen molar-refractivity contribution in [1.82, 2.24) is 0 Å². The van der Waals surface area contributed by atoms with Crippen LogP contribution in [0.15, 0.2) is 11.4 Å². The maximum Gasteiger partial charge on any atom is 0.367 e. The number of hydrogen-bond acceptors (Lipinski definition) is 4. The highest BCUT2D eigenvalue weighted by molar-refractivity contribution is 5.99. The molecule has 92 valence electrons. The second-order valence-electron chi connectivity index (χ2n) is 3.32. The van der Waals surface area contributed by atoms with Crippen LogP contribution in [0.5, 0.6) is 0 Å². The van der Waals surface area contributed by atoms with Crippen LogP contribution in [0.3, 0.4) is 0 Å². The molecule has 0 bridgehead atoms. The van der Waals surface area contributed by atoms with Crippen LogP contribution in [0.2, 0.25) is 0 Å². The van der Waals surface area contributed by atoms with Crippen molar-refractivity contribution in [2.45, 2.75) is 27.7 Å². The van der Waals surface area contributed by atoms with Gasteiger partial charge in [0.2, 0.25) is 5.83 Å². The molecular weight excluding hydrogens is 215 g/mol. The van der Waals surface area contributed by atoms with Crippen molar-refractivity contribution >= 4 is 11.9 Å². The van der Waals surface area contributed by atoms with Crippen LogP contribution in [0, 0.1) is 5.92 Å². The van der Waals surface area contributed by atoms with Gasteiger partial charge in [-0.25, -0.2) is 9.59 Å². The number of hydrogen-bond donors (Lipinski definition) is 0. The fraction of sp³-hybridized carbons (Fsp3) is 0.636. The third-order valence-electron chi connectivity index (χ3n) is 1.76. The molecule has 0 fully saturated rings. The normalized spacial score (nSPS) is 12.1. The van der Waals surface area contributed by atoms with Crippen LogP contribution >= 0.6 is 0 Å². The van der Waals surface area contributed by atoms with Gasteiger partial charge in [0.05, 0.1) is 18.8 Å². The van der Waals surface area contributed by atoms with Crippen LogP contribution < -0.4 is 0 Å². The van der Waals surface area contributed by atoms with E-state index in [4.69, 9.17) is 0 Å². The van der Waals surface area contributed by atoms with Gasteiger partial charge >= 0.3 is 11.9 Å². The first-order chi connectivity index (χ1) is 7.45. The quantitative estimate of drug-likeness (QED) is 0.537. The van der Waals surface area contributed by atoms with Gasteiger partial charge in [-0.15, -0.1) is 0 Å². The van der Waals surface area contributed by atoms with E-state index in [1.165, 1.54) is 0 Å².